The number of carbonyl (C=O) groups is 1. The second-order valence-corrected chi connectivity index (χ2v) is 4.05. The molecule has 1 aromatic rings. The first-order valence-corrected chi connectivity index (χ1v) is 5.01. The number of hydrogen-bond acceptors (Lipinski definition) is 3. The van der Waals surface area contributed by atoms with Crippen molar-refractivity contribution in [2.75, 3.05) is 21.2 Å². The van der Waals surface area contributed by atoms with Crippen LogP contribution in [-0.4, -0.2) is 37.2 Å². The Bertz CT molecular complexity index is 399. The van der Waals surface area contributed by atoms with Crippen molar-refractivity contribution in [2.45, 2.75) is 13.5 Å². The van der Waals surface area contributed by atoms with Crippen molar-refractivity contribution in [1.82, 2.24) is 4.90 Å². The number of rotatable bonds is 4. The first-order chi connectivity index (χ1) is 7.45. The number of ether oxygens (including phenoxy) is 1. The summed E-state index contributed by atoms with van der Waals surface area (Å²) in [7, 11) is 5.36. The molecule has 0 aromatic heterocycles. The zero-order chi connectivity index (χ0) is 12.3. The van der Waals surface area contributed by atoms with E-state index >= 15 is 0 Å². The van der Waals surface area contributed by atoms with Gasteiger partial charge in [-0.05, 0) is 32.6 Å². The lowest BCUT2D eigenvalue weighted by atomic mass is 10.0. The average molecular weight is 223 g/mol. The monoisotopic (exact) mass is 223 g/mol. The number of aromatic carboxylic acids is 1. The molecule has 0 heterocycles. The van der Waals surface area contributed by atoms with Crippen molar-refractivity contribution in [1.29, 1.82) is 0 Å². The second kappa shape index (κ2) is 4.99. The molecule has 0 saturated heterocycles. The minimum atomic E-state index is -0.958. The normalized spacial score (nSPS) is 10.6. The highest BCUT2D eigenvalue weighted by Gasteiger charge is 2.16. The fraction of sp³-hybridized carbons (Fsp3) is 0.417. The van der Waals surface area contributed by atoms with Crippen LogP contribution in [0, 0.1) is 6.92 Å². The van der Waals surface area contributed by atoms with Crippen molar-refractivity contribution in [3.63, 3.8) is 0 Å². The minimum absolute atomic E-state index is 0.222. The molecule has 0 aliphatic heterocycles. The molecule has 0 spiro atoms. The molecule has 4 nitrogen and oxygen atoms in total. The van der Waals surface area contributed by atoms with E-state index < -0.39 is 5.97 Å². The number of carboxylic acid groups (broad SMARTS) is 1. The molecule has 1 N–H and O–H groups in total. The Labute approximate surface area is 95.5 Å². The van der Waals surface area contributed by atoms with Crippen LogP contribution in [-0.2, 0) is 6.54 Å². The summed E-state index contributed by atoms with van der Waals surface area (Å²) in [4.78, 5) is 13.1. The van der Waals surface area contributed by atoms with Gasteiger partial charge in [0, 0.05) is 12.1 Å². The smallest absolute Gasteiger partial charge is 0.339 e. The van der Waals surface area contributed by atoms with Crippen LogP contribution in [0.5, 0.6) is 5.75 Å². The third-order valence-corrected chi connectivity index (χ3v) is 2.23. The number of methoxy groups -OCH3 is 1. The molecule has 0 bridgehead atoms. The first kappa shape index (κ1) is 12.5. The van der Waals surface area contributed by atoms with Crippen LogP contribution in [0.4, 0.5) is 0 Å². The average Bonchev–Trinajstić information content (AvgIpc) is 2.15. The molecule has 16 heavy (non-hydrogen) atoms. The fourth-order valence-electron chi connectivity index (χ4n) is 1.71. The molecule has 0 saturated carbocycles. The zero-order valence-electron chi connectivity index (χ0n) is 10.1. The molecule has 0 aliphatic carbocycles. The maximum absolute atomic E-state index is 11.1. The highest BCUT2D eigenvalue weighted by molar-refractivity contribution is 5.91. The van der Waals surface area contributed by atoms with Crippen molar-refractivity contribution < 1.29 is 14.6 Å². The van der Waals surface area contributed by atoms with Crippen molar-refractivity contribution in [3.8, 4) is 5.75 Å². The van der Waals surface area contributed by atoms with Crippen LogP contribution < -0.4 is 4.74 Å². The van der Waals surface area contributed by atoms with Crippen molar-refractivity contribution in [3.05, 3.63) is 28.8 Å². The Morgan fingerprint density at radius 1 is 1.44 bits per heavy atom. The van der Waals surface area contributed by atoms with Gasteiger partial charge in [0.1, 0.15) is 11.3 Å². The Hall–Kier alpha value is -1.55. The zero-order valence-corrected chi connectivity index (χ0v) is 10.1. The third-order valence-electron chi connectivity index (χ3n) is 2.23. The van der Waals surface area contributed by atoms with Crippen LogP contribution in [0.1, 0.15) is 21.5 Å². The van der Waals surface area contributed by atoms with Gasteiger partial charge in [-0.3, -0.25) is 0 Å². The van der Waals surface area contributed by atoms with Gasteiger partial charge < -0.3 is 14.7 Å². The molecular weight excluding hydrogens is 206 g/mol. The van der Waals surface area contributed by atoms with Gasteiger partial charge in [-0.25, -0.2) is 4.79 Å². The number of carboxylic acids is 1. The summed E-state index contributed by atoms with van der Waals surface area (Å²) in [6, 6.07) is 3.58. The maximum Gasteiger partial charge on any atom is 0.339 e. The predicted octanol–water partition coefficient (Wildman–Crippen LogP) is 1.76. The van der Waals surface area contributed by atoms with E-state index in [-0.39, 0.29) is 5.56 Å². The van der Waals surface area contributed by atoms with Gasteiger partial charge in [-0.2, -0.15) is 0 Å². The molecule has 0 amide bonds. The molecule has 88 valence electrons. The summed E-state index contributed by atoms with van der Waals surface area (Å²) in [5, 5.41) is 9.09. The molecule has 4 heteroatoms. The van der Waals surface area contributed by atoms with Gasteiger partial charge in [0.05, 0.1) is 7.11 Å². The lowest BCUT2D eigenvalue weighted by Gasteiger charge is -2.16. The number of benzene rings is 1. The van der Waals surface area contributed by atoms with E-state index in [9.17, 15) is 4.79 Å². The predicted molar refractivity (Wildman–Crippen MR) is 62.1 cm³/mol. The molecular formula is C12H17NO3. The lowest BCUT2D eigenvalue weighted by molar-refractivity contribution is 0.0693. The van der Waals surface area contributed by atoms with Crippen LogP contribution in [0.25, 0.3) is 0 Å². The van der Waals surface area contributed by atoms with E-state index in [1.54, 1.807) is 6.07 Å². The van der Waals surface area contributed by atoms with Gasteiger partial charge in [0.15, 0.2) is 0 Å². The minimum Gasteiger partial charge on any atom is -0.496 e. The number of hydrogen-bond donors (Lipinski definition) is 1. The van der Waals surface area contributed by atoms with Gasteiger partial charge in [0.25, 0.3) is 0 Å². The summed E-state index contributed by atoms with van der Waals surface area (Å²) in [6.45, 7) is 2.54. The Kier molecular flexibility index (Phi) is 3.90. The largest absolute Gasteiger partial charge is 0.496 e. The number of aryl methyl sites for hydroxylation is 1. The Morgan fingerprint density at radius 2 is 2.06 bits per heavy atom. The lowest BCUT2D eigenvalue weighted by Crippen LogP contribution is -2.13. The number of nitrogens with zero attached hydrogens (tertiary/aromatic N) is 1. The maximum atomic E-state index is 11.1. The van der Waals surface area contributed by atoms with E-state index in [1.807, 2.05) is 32.0 Å². The van der Waals surface area contributed by atoms with E-state index in [0.717, 1.165) is 11.1 Å². The molecule has 1 rings (SSSR count). The van der Waals surface area contributed by atoms with Gasteiger partial charge >= 0.3 is 5.97 Å². The van der Waals surface area contributed by atoms with Gasteiger partial charge in [-0.1, -0.05) is 6.07 Å². The molecule has 0 atom stereocenters. The summed E-state index contributed by atoms with van der Waals surface area (Å²) >= 11 is 0. The summed E-state index contributed by atoms with van der Waals surface area (Å²) in [5.74, 6) is -0.507. The summed E-state index contributed by atoms with van der Waals surface area (Å²) in [5.41, 5.74) is 2.04. The van der Waals surface area contributed by atoms with Gasteiger partial charge in [0.2, 0.25) is 0 Å². The summed E-state index contributed by atoms with van der Waals surface area (Å²) in [6.07, 6.45) is 0. The Balaban J connectivity index is 3.30. The van der Waals surface area contributed by atoms with E-state index in [2.05, 4.69) is 0 Å². The molecule has 0 unspecified atom stereocenters. The SMILES string of the molecule is COc1c(CN(C)C)cc(C)cc1C(=O)O. The molecule has 0 aliphatic rings. The molecule has 0 radical (unpaired) electrons. The summed E-state index contributed by atoms with van der Waals surface area (Å²) < 4.78 is 5.19. The standard InChI is InChI=1S/C12H17NO3/c1-8-5-9(7-13(2)3)11(16-4)10(6-8)12(14)15/h5-6H,7H2,1-4H3,(H,14,15). The third kappa shape index (κ3) is 2.73. The highest BCUT2D eigenvalue weighted by atomic mass is 16.5. The topological polar surface area (TPSA) is 49.8 Å². The second-order valence-electron chi connectivity index (χ2n) is 4.05. The van der Waals surface area contributed by atoms with Crippen LogP contribution in [0.2, 0.25) is 0 Å². The van der Waals surface area contributed by atoms with E-state index in [0.29, 0.717) is 12.3 Å². The highest BCUT2D eigenvalue weighted by Crippen LogP contribution is 2.26. The Morgan fingerprint density at radius 3 is 2.50 bits per heavy atom. The van der Waals surface area contributed by atoms with Crippen LogP contribution in [0.15, 0.2) is 12.1 Å². The van der Waals surface area contributed by atoms with Gasteiger partial charge in [-0.15, -0.1) is 0 Å². The first-order valence-electron chi connectivity index (χ1n) is 5.01. The van der Waals surface area contributed by atoms with E-state index in [4.69, 9.17) is 9.84 Å². The van der Waals surface area contributed by atoms with Crippen molar-refractivity contribution in [2.24, 2.45) is 0 Å². The van der Waals surface area contributed by atoms with Crippen LogP contribution in [0.3, 0.4) is 0 Å². The van der Waals surface area contributed by atoms with E-state index in [1.165, 1.54) is 7.11 Å². The quantitative estimate of drug-likeness (QED) is 0.845. The molecule has 0 fully saturated rings. The van der Waals surface area contributed by atoms with Crippen LogP contribution >= 0.6 is 0 Å². The van der Waals surface area contributed by atoms with Crippen molar-refractivity contribution >= 4 is 5.97 Å². The molecule has 1 aromatic carbocycles. The fourth-order valence-corrected chi connectivity index (χ4v) is 1.71.